The van der Waals surface area contributed by atoms with E-state index in [4.69, 9.17) is 36.3 Å². The smallest absolute Gasteiger partial charge is 0.323 e. The summed E-state index contributed by atoms with van der Waals surface area (Å²) in [5.74, 6) is -1.79. The lowest BCUT2D eigenvalue weighted by molar-refractivity contribution is -0.190. The number of nitrogens with two attached hydrogens (primary N) is 1. The highest BCUT2D eigenvalue weighted by Crippen LogP contribution is 2.47. The van der Waals surface area contributed by atoms with E-state index in [2.05, 4.69) is 25.1 Å². The third-order valence-electron chi connectivity index (χ3n) is 6.16. The first-order valence-electron chi connectivity index (χ1n) is 13.2. The Hall–Kier alpha value is -2.64. The van der Waals surface area contributed by atoms with Crippen LogP contribution in [0.5, 0.6) is 0 Å². The van der Waals surface area contributed by atoms with Crippen LogP contribution < -0.4 is 21.5 Å². The van der Waals surface area contributed by atoms with Crippen LogP contribution in [0, 0.1) is 0 Å². The van der Waals surface area contributed by atoms with Gasteiger partial charge in [0.1, 0.15) is 24.3 Å². The van der Waals surface area contributed by atoms with Crippen molar-refractivity contribution in [1.82, 2.24) is 29.7 Å². The third kappa shape index (κ3) is 7.72. The van der Waals surface area contributed by atoms with Crippen LogP contribution in [0.15, 0.2) is 11.1 Å². The number of esters is 2. The summed E-state index contributed by atoms with van der Waals surface area (Å²) in [5, 5.41) is 27.1. The average molecular weight is 656 g/mol. The number of ether oxygens (including phenoxy) is 3. The molecule has 0 unspecified atom stereocenters. The number of imidazole rings is 1. The van der Waals surface area contributed by atoms with Gasteiger partial charge in [0.05, 0.1) is 25.1 Å². The molecule has 0 spiro atoms. The van der Waals surface area contributed by atoms with E-state index in [1.165, 1.54) is 13.8 Å². The summed E-state index contributed by atoms with van der Waals surface area (Å²) in [6.45, 7) is 4.33. The highest BCUT2D eigenvalue weighted by molar-refractivity contribution is 8.10. The molecule has 43 heavy (non-hydrogen) atoms. The minimum absolute atomic E-state index is 0.202. The van der Waals surface area contributed by atoms with E-state index < -0.39 is 85.4 Å². The van der Waals surface area contributed by atoms with Crippen molar-refractivity contribution < 1.29 is 47.3 Å². The lowest BCUT2D eigenvalue weighted by Crippen LogP contribution is -2.53. The number of aromatic amines is 1. The summed E-state index contributed by atoms with van der Waals surface area (Å²) >= 11 is 5.59. The van der Waals surface area contributed by atoms with Gasteiger partial charge in [0, 0.05) is 0 Å². The van der Waals surface area contributed by atoms with Crippen molar-refractivity contribution in [3.63, 3.8) is 0 Å². The summed E-state index contributed by atoms with van der Waals surface area (Å²) in [6, 6.07) is -2.26. The number of rotatable bonds is 13. The maximum atomic E-state index is 14.7. The zero-order chi connectivity index (χ0) is 32.4. The molecule has 1 aliphatic heterocycles. The highest BCUT2D eigenvalue weighted by Gasteiger charge is 2.61. The number of aromatic nitrogens is 4. The summed E-state index contributed by atoms with van der Waals surface area (Å²) in [4.78, 5) is 47.2. The molecule has 6 atom stereocenters. The summed E-state index contributed by atoms with van der Waals surface area (Å²) in [5.41, 5.74) is 1.56. The first kappa shape index (κ1) is 34.8. The Balaban J connectivity index is 1.94. The third-order valence-corrected chi connectivity index (χ3v) is 9.06. The molecule has 2 aromatic heterocycles. The Kier molecular flexibility index (Phi) is 11.0. The Labute approximate surface area is 249 Å². The molecule has 0 amide bonds. The predicted octanol–water partition coefficient (Wildman–Crippen LogP) is 0.0568. The van der Waals surface area contributed by atoms with Crippen molar-refractivity contribution in [1.29, 1.82) is 0 Å². The number of nitrogen functional groups attached to an aromatic ring is 1. The Morgan fingerprint density at radius 1 is 1.16 bits per heavy atom. The van der Waals surface area contributed by atoms with Crippen molar-refractivity contribution in [3.05, 3.63) is 16.7 Å². The number of fused-ring (bicyclic) bond motifs is 1. The fraction of sp³-hybridized carbons (Fsp3) is 0.696. The monoisotopic (exact) mass is 655 g/mol. The van der Waals surface area contributed by atoms with Crippen LogP contribution in [-0.2, 0) is 40.1 Å². The molecule has 0 bridgehead atoms. The summed E-state index contributed by atoms with van der Waals surface area (Å²) < 4.78 is 52.0. The molecule has 1 fully saturated rings. The van der Waals surface area contributed by atoms with E-state index >= 15 is 0 Å². The van der Waals surface area contributed by atoms with E-state index in [9.17, 15) is 33.4 Å². The predicted molar refractivity (Wildman–Crippen MR) is 151 cm³/mol. The number of carbonyl (C=O) groups is 2. The number of nitrogens with zero attached hydrogens (tertiary/aromatic N) is 3. The summed E-state index contributed by atoms with van der Waals surface area (Å²) in [7, 11) is 0. The van der Waals surface area contributed by atoms with Gasteiger partial charge in [-0.15, -0.1) is 0 Å². The minimum Gasteiger partial charge on any atom is -0.462 e. The maximum absolute atomic E-state index is 14.7. The molecular formula is C23H36F2N7O9PS. The SMILES string of the molecule is CC(C)OC(=O)[C@H](C)NP(=S)(N[C@@H](C)C(=O)OC(C)C)OC[C@@]1(C(F)F)O[C@@H](n2cnc3c(=O)[nH]c(N)nc32)[C@@H](O)[C@@H]1O. The molecule has 0 radical (unpaired) electrons. The number of hydrogen-bond acceptors (Lipinski definition) is 13. The van der Waals surface area contributed by atoms with Crippen molar-refractivity contribution in [3.8, 4) is 0 Å². The van der Waals surface area contributed by atoms with Gasteiger partial charge in [-0.25, -0.2) is 23.9 Å². The van der Waals surface area contributed by atoms with Crippen LogP contribution in [0.1, 0.15) is 47.8 Å². The van der Waals surface area contributed by atoms with E-state index in [1.54, 1.807) is 27.7 Å². The standard InChI is InChI=1S/C23H36F2N7O9PS/c1-9(2)39-19(36)11(5)30-42(43,31-12(6)20(37)40-10(3)4)38-7-23(21(24)25)15(34)14(33)18(41-23)32-8-27-13-16(32)28-22(26)29-17(13)35/h8-12,14-15,18,21,33-34H,7H2,1-6H3,(H2,30,31,43)(H3,26,28,29,35)/t11-,12-,14-,15-,18+,23+/m0/s1. The Morgan fingerprint density at radius 2 is 1.70 bits per heavy atom. The minimum atomic E-state index is -3.81. The van der Waals surface area contributed by atoms with E-state index in [1.807, 2.05) is 0 Å². The lowest BCUT2D eigenvalue weighted by atomic mass is 9.96. The van der Waals surface area contributed by atoms with Gasteiger partial charge >= 0.3 is 11.9 Å². The largest absolute Gasteiger partial charge is 0.462 e. The maximum Gasteiger partial charge on any atom is 0.323 e. The quantitative estimate of drug-likeness (QED) is 0.124. The zero-order valence-corrected chi connectivity index (χ0v) is 25.9. The molecule has 242 valence electrons. The molecular weight excluding hydrogens is 619 g/mol. The van der Waals surface area contributed by atoms with Gasteiger partial charge in [-0.05, 0) is 53.3 Å². The first-order valence-corrected chi connectivity index (χ1v) is 15.9. The van der Waals surface area contributed by atoms with E-state index in [0.29, 0.717) is 0 Å². The first-order chi connectivity index (χ1) is 19.9. The highest BCUT2D eigenvalue weighted by atomic mass is 32.4. The second-order valence-corrected chi connectivity index (χ2v) is 13.9. The molecule has 3 rings (SSSR count). The van der Waals surface area contributed by atoms with E-state index in [-0.39, 0.29) is 17.1 Å². The number of anilines is 1. The normalized spacial score (nSPS) is 24.2. The number of H-pyrrole nitrogens is 1. The molecule has 1 aliphatic rings. The molecule has 20 heteroatoms. The Bertz CT molecular complexity index is 1390. The average Bonchev–Trinajstić information content (AvgIpc) is 3.41. The van der Waals surface area contributed by atoms with Gasteiger partial charge in [-0.3, -0.25) is 23.9 Å². The van der Waals surface area contributed by atoms with Crippen molar-refractivity contribution in [2.24, 2.45) is 0 Å². The van der Waals surface area contributed by atoms with Crippen LogP contribution in [0.25, 0.3) is 11.2 Å². The van der Waals surface area contributed by atoms with Crippen LogP contribution in [-0.4, -0.2) is 96.8 Å². The number of nitrogens with one attached hydrogen (secondary N) is 3. The number of alkyl halides is 2. The van der Waals surface area contributed by atoms with Gasteiger partial charge in [0.15, 0.2) is 29.6 Å². The van der Waals surface area contributed by atoms with Gasteiger partial charge in [-0.2, -0.15) is 4.98 Å². The lowest BCUT2D eigenvalue weighted by Gasteiger charge is -2.35. The van der Waals surface area contributed by atoms with Crippen molar-refractivity contribution >= 4 is 47.4 Å². The van der Waals surface area contributed by atoms with Crippen molar-refractivity contribution in [2.45, 2.75) is 96.3 Å². The summed E-state index contributed by atoms with van der Waals surface area (Å²) in [6.07, 6.45) is -9.39. The molecule has 2 aromatic rings. The molecule has 0 aromatic carbocycles. The zero-order valence-electron chi connectivity index (χ0n) is 24.2. The fourth-order valence-corrected chi connectivity index (χ4v) is 7.05. The molecule has 1 saturated heterocycles. The van der Waals surface area contributed by atoms with Gasteiger partial charge in [0.25, 0.3) is 12.0 Å². The van der Waals surface area contributed by atoms with Gasteiger partial charge in [-0.1, -0.05) is 0 Å². The molecule has 0 aliphatic carbocycles. The Morgan fingerprint density at radius 3 is 2.19 bits per heavy atom. The number of halogens is 2. The van der Waals surface area contributed by atoms with Gasteiger partial charge in [0.2, 0.25) is 5.95 Å². The molecule has 7 N–H and O–H groups in total. The number of aliphatic hydroxyl groups excluding tert-OH is 2. The molecule has 3 heterocycles. The fourth-order valence-electron chi connectivity index (χ4n) is 4.11. The molecule has 16 nitrogen and oxygen atoms in total. The number of hydrogen-bond donors (Lipinski definition) is 6. The second kappa shape index (κ2) is 13.6. The van der Waals surface area contributed by atoms with E-state index in [0.717, 1.165) is 10.9 Å². The number of carbonyl (C=O) groups excluding carboxylic acids is 2. The van der Waals surface area contributed by atoms with Crippen LogP contribution in [0.2, 0.25) is 0 Å². The topological polar surface area (TPSA) is 225 Å². The van der Waals surface area contributed by atoms with Crippen LogP contribution >= 0.6 is 6.57 Å². The molecule has 0 saturated carbocycles. The van der Waals surface area contributed by atoms with Crippen LogP contribution in [0.4, 0.5) is 14.7 Å². The second-order valence-electron chi connectivity index (χ2n) is 10.5. The van der Waals surface area contributed by atoms with Gasteiger partial charge < -0.3 is 34.7 Å². The number of aliphatic hydroxyl groups is 2. The van der Waals surface area contributed by atoms with Crippen LogP contribution in [0.3, 0.4) is 0 Å². The van der Waals surface area contributed by atoms with Crippen molar-refractivity contribution in [2.75, 3.05) is 12.3 Å².